The van der Waals surface area contributed by atoms with Gasteiger partial charge < -0.3 is 9.84 Å². The van der Waals surface area contributed by atoms with Gasteiger partial charge in [0.05, 0.1) is 0 Å². The van der Waals surface area contributed by atoms with Crippen molar-refractivity contribution in [2.24, 2.45) is 0 Å². The van der Waals surface area contributed by atoms with Crippen LogP contribution in [0.3, 0.4) is 0 Å². The Balaban J connectivity index is 2.00. The van der Waals surface area contributed by atoms with E-state index in [4.69, 9.17) is 4.74 Å². The minimum Gasteiger partial charge on any atom is -0.487 e. The van der Waals surface area contributed by atoms with Gasteiger partial charge >= 0.3 is 0 Å². The summed E-state index contributed by atoms with van der Waals surface area (Å²) in [5, 5.41) is 9.78. The molecule has 2 aromatic rings. The number of benzene rings is 2. The van der Waals surface area contributed by atoms with Gasteiger partial charge in [0, 0.05) is 0 Å². The number of hydrogen-bond acceptors (Lipinski definition) is 2. The van der Waals surface area contributed by atoms with Crippen LogP contribution in [-0.2, 0) is 0 Å². The molecule has 0 heterocycles. The van der Waals surface area contributed by atoms with Gasteiger partial charge in [0.15, 0.2) is 11.6 Å². The lowest BCUT2D eigenvalue weighted by atomic mass is 10.1. The molecule has 1 atom stereocenters. The quantitative estimate of drug-likeness (QED) is 0.903. The van der Waals surface area contributed by atoms with Crippen molar-refractivity contribution in [1.82, 2.24) is 0 Å². The molecule has 0 saturated heterocycles. The van der Waals surface area contributed by atoms with Crippen LogP contribution in [0.15, 0.2) is 48.5 Å². The van der Waals surface area contributed by atoms with Crippen molar-refractivity contribution in [3.63, 3.8) is 0 Å². The van der Waals surface area contributed by atoms with E-state index in [1.807, 2.05) is 0 Å². The van der Waals surface area contributed by atoms with Crippen molar-refractivity contribution in [3.05, 3.63) is 65.7 Å². The van der Waals surface area contributed by atoms with Gasteiger partial charge in [-0.15, -0.1) is 0 Å². The van der Waals surface area contributed by atoms with Gasteiger partial charge in [0.2, 0.25) is 0 Å². The first-order chi connectivity index (χ1) is 8.66. The second-order valence-electron chi connectivity index (χ2n) is 3.81. The molecule has 0 spiro atoms. The highest BCUT2D eigenvalue weighted by Crippen LogP contribution is 2.19. The molecule has 0 bridgehead atoms. The molecule has 0 aliphatic rings. The zero-order chi connectivity index (χ0) is 13.0. The zero-order valence-corrected chi connectivity index (χ0v) is 9.51. The predicted molar refractivity (Wildman–Crippen MR) is 63.3 cm³/mol. The van der Waals surface area contributed by atoms with Crippen LogP contribution in [0.25, 0.3) is 0 Å². The van der Waals surface area contributed by atoms with E-state index in [1.54, 1.807) is 18.2 Å². The Morgan fingerprint density at radius 1 is 1.06 bits per heavy atom. The number of ether oxygens (including phenoxy) is 1. The third-order valence-corrected chi connectivity index (χ3v) is 2.47. The SMILES string of the molecule is OC(COc1ccccc1F)c1cccc(F)c1. The maximum atomic E-state index is 13.2. The van der Waals surface area contributed by atoms with Crippen LogP contribution in [0.5, 0.6) is 5.75 Å². The van der Waals surface area contributed by atoms with E-state index in [1.165, 1.54) is 30.3 Å². The Kier molecular flexibility index (Phi) is 3.89. The van der Waals surface area contributed by atoms with Crippen LogP contribution in [0, 0.1) is 11.6 Å². The summed E-state index contributed by atoms with van der Waals surface area (Å²) in [6.45, 7) is -0.135. The van der Waals surface area contributed by atoms with Crippen molar-refractivity contribution in [1.29, 1.82) is 0 Å². The molecule has 2 aromatic carbocycles. The first-order valence-corrected chi connectivity index (χ1v) is 5.47. The summed E-state index contributed by atoms with van der Waals surface area (Å²) in [4.78, 5) is 0. The Morgan fingerprint density at radius 2 is 1.83 bits per heavy atom. The molecular weight excluding hydrogens is 238 g/mol. The maximum Gasteiger partial charge on any atom is 0.165 e. The van der Waals surface area contributed by atoms with Gasteiger partial charge in [-0.1, -0.05) is 24.3 Å². The maximum absolute atomic E-state index is 13.2. The lowest BCUT2D eigenvalue weighted by Crippen LogP contribution is -2.10. The van der Waals surface area contributed by atoms with Gasteiger partial charge in [0.25, 0.3) is 0 Å². The second kappa shape index (κ2) is 5.60. The van der Waals surface area contributed by atoms with E-state index in [2.05, 4.69) is 0 Å². The minimum absolute atomic E-state index is 0.0629. The molecule has 0 amide bonds. The molecule has 1 unspecified atom stereocenters. The molecule has 2 rings (SSSR count). The smallest absolute Gasteiger partial charge is 0.165 e. The third kappa shape index (κ3) is 3.05. The average Bonchev–Trinajstić information content (AvgIpc) is 2.37. The molecular formula is C14H12F2O2. The van der Waals surface area contributed by atoms with E-state index in [0.717, 1.165) is 0 Å². The van der Waals surface area contributed by atoms with Crippen LogP contribution < -0.4 is 4.74 Å². The predicted octanol–water partition coefficient (Wildman–Crippen LogP) is 3.08. The van der Waals surface area contributed by atoms with Crippen LogP contribution in [-0.4, -0.2) is 11.7 Å². The molecule has 4 heteroatoms. The summed E-state index contributed by atoms with van der Waals surface area (Å²) in [5.41, 5.74) is 0.395. The summed E-state index contributed by atoms with van der Waals surface area (Å²) in [6.07, 6.45) is -1.000. The standard InChI is InChI=1S/C14H12F2O2/c15-11-5-3-4-10(8-11)13(17)9-18-14-7-2-1-6-12(14)16/h1-8,13,17H,9H2. The van der Waals surface area contributed by atoms with Crippen LogP contribution in [0.2, 0.25) is 0 Å². The van der Waals surface area contributed by atoms with E-state index >= 15 is 0 Å². The molecule has 2 nitrogen and oxygen atoms in total. The number of halogens is 2. The zero-order valence-electron chi connectivity index (χ0n) is 9.51. The van der Waals surface area contributed by atoms with E-state index < -0.39 is 17.7 Å². The minimum atomic E-state index is -1.000. The highest BCUT2D eigenvalue weighted by atomic mass is 19.1. The van der Waals surface area contributed by atoms with E-state index in [-0.39, 0.29) is 12.4 Å². The molecule has 0 saturated carbocycles. The molecule has 94 valence electrons. The lowest BCUT2D eigenvalue weighted by molar-refractivity contribution is 0.105. The molecule has 0 aliphatic carbocycles. The summed E-state index contributed by atoms with van der Waals surface area (Å²) in [7, 11) is 0. The van der Waals surface area contributed by atoms with Crippen LogP contribution in [0.4, 0.5) is 8.78 Å². The number of aliphatic hydroxyl groups is 1. The summed E-state index contributed by atoms with van der Waals surface area (Å²) in [5.74, 6) is -0.866. The Bertz CT molecular complexity index is 529. The molecule has 1 N–H and O–H groups in total. The lowest BCUT2D eigenvalue weighted by Gasteiger charge is -2.13. The molecule has 18 heavy (non-hydrogen) atoms. The second-order valence-corrected chi connectivity index (χ2v) is 3.81. The normalized spacial score (nSPS) is 12.2. The van der Waals surface area contributed by atoms with Crippen molar-refractivity contribution in [2.75, 3.05) is 6.61 Å². The monoisotopic (exact) mass is 250 g/mol. The van der Waals surface area contributed by atoms with Crippen molar-refractivity contribution < 1.29 is 18.6 Å². The van der Waals surface area contributed by atoms with Gasteiger partial charge in [0.1, 0.15) is 18.5 Å². The van der Waals surface area contributed by atoms with Crippen LogP contribution >= 0.6 is 0 Å². The van der Waals surface area contributed by atoms with Crippen molar-refractivity contribution in [3.8, 4) is 5.75 Å². The molecule has 0 radical (unpaired) electrons. The van der Waals surface area contributed by atoms with E-state index in [0.29, 0.717) is 5.56 Å². The Hall–Kier alpha value is -1.94. The summed E-state index contributed by atoms with van der Waals surface area (Å²) in [6, 6.07) is 11.5. The van der Waals surface area contributed by atoms with Gasteiger partial charge in [-0.05, 0) is 29.8 Å². The third-order valence-electron chi connectivity index (χ3n) is 2.47. The number of rotatable bonds is 4. The van der Waals surface area contributed by atoms with Crippen molar-refractivity contribution >= 4 is 0 Å². The Morgan fingerprint density at radius 3 is 2.56 bits per heavy atom. The van der Waals surface area contributed by atoms with E-state index in [9.17, 15) is 13.9 Å². The molecule has 0 aromatic heterocycles. The van der Waals surface area contributed by atoms with Gasteiger partial charge in [-0.25, -0.2) is 8.78 Å². The first-order valence-electron chi connectivity index (χ1n) is 5.47. The highest BCUT2D eigenvalue weighted by Gasteiger charge is 2.10. The number of aliphatic hydroxyl groups excluding tert-OH is 1. The van der Waals surface area contributed by atoms with Crippen LogP contribution in [0.1, 0.15) is 11.7 Å². The largest absolute Gasteiger partial charge is 0.487 e. The molecule has 0 fully saturated rings. The number of para-hydroxylation sites is 1. The molecule has 0 aliphatic heterocycles. The number of hydrogen-bond donors (Lipinski definition) is 1. The fourth-order valence-corrected chi connectivity index (χ4v) is 1.54. The van der Waals surface area contributed by atoms with Gasteiger partial charge in [-0.3, -0.25) is 0 Å². The first kappa shape index (κ1) is 12.5. The highest BCUT2D eigenvalue weighted by molar-refractivity contribution is 5.24. The summed E-state index contributed by atoms with van der Waals surface area (Å²) >= 11 is 0. The fraction of sp³-hybridized carbons (Fsp3) is 0.143. The van der Waals surface area contributed by atoms with Crippen molar-refractivity contribution in [2.45, 2.75) is 6.10 Å². The summed E-state index contributed by atoms with van der Waals surface area (Å²) < 4.78 is 31.3. The van der Waals surface area contributed by atoms with Gasteiger partial charge in [-0.2, -0.15) is 0 Å². The Labute approximate surface area is 103 Å². The average molecular weight is 250 g/mol. The fourth-order valence-electron chi connectivity index (χ4n) is 1.54. The topological polar surface area (TPSA) is 29.5 Å².